The first-order chi connectivity index (χ1) is 11.3. The van der Waals surface area contributed by atoms with Gasteiger partial charge in [0.1, 0.15) is 0 Å². The van der Waals surface area contributed by atoms with Crippen LogP contribution in [0.1, 0.15) is 29.9 Å². The highest BCUT2D eigenvalue weighted by Gasteiger charge is 2.51. The molecule has 1 aromatic rings. The summed E-state index contributed by atoms with van der Waals surface area (Å²) in [6.07, 6.45) is 0.192. The molecule has 0 bridgehead atoms. The quantitative estimate of drug-likeness (QED) is 0.713. The van der Waals surface area contributed by atoms with Gasteiger partial charge in [0.25, 0.3) is 0 Å². The number of hydrogen-bond acceptors (Lipinski definition) is 2. The maximum absolute atomic E-state index is 12.8. The van der Waals surface area contributed by atoms with Crippen LogP contribution in [0.5, 0.6) is 0 Å². The topological polar surface area (TPSA) is 47.6 Å². The Labute approximate surface area is 139 Å². The van der Waals surface area contributed by atoms with Gasteiger partial charge in [-0.05, 0) is 36.5 Å². The molecular weight excluding hydrogens is 313 g/mol. The lowest BCUT2D eigenvalue weighted by Crippen LogP contribution is -2.41. The summed E-state index contributed by atoms with van der Waals surface area (Å²) < 4.78 is 38.3. The summed E-state index contributed by atoms with van der Waals surface area (Å²) in [5.41, 5.74) is -1.57. The van der Waals surface area contributed by atoms with Crippen LogP contribution in [0, 0.1) is 39.9 Å². The predicted molar refractivity (Wildman–Crippen MR) is 84.5 cm³/mol. The summed E-state index contributed by atoms with van der Waals surface area (Å²) in [7, 11) is 0. The second-order valence-corrected chi connectivity index (χ2v) is 6.01. The molecule has 0 radical (unpaired) electrons. The molecule has 24 heavy (non-hydrogen) atoms. The van der Waals surface area contributed by atoms with Crippen LogP contribution < -0.4 is 0 Å². The Morgan fingerprint density at radius 3 is 2.04 bits per heavy atom. The third-order valence-corrected chi connectivity index (χ3v) is 4.87. The maximum atomic E-state index is 12.8. The van der Waals surface area contributed by atoms with E-state index in [1.807, 2.05) is 0 Å². The van der Waals surface area contributed by atoms with Crippen molar-refractivity contribution in [3.05, 3.63) is 60.7 Å². The molecule has 0 amide bonds. The summed E-state index contributed by atoms with van der Waals surface area (Å²) in [5, 5.41) is 19.5. The molecule has 2 nitrogen and oxygen atoms in total. The monoisotopic (exact) mass is 330 g/mol. The third kappa shape index (κ3) is 2.83. The van der Waals surface area contributed by atoms with Crippen LogP contribution in [0.25, 0.3) is 0 Å². The van der Waals surface area contributed by atoms with Gasteiger partial charge in [0.2, 0.25) is 0 Å². The Morgan fingerprint density at radius 1 is 1.04 bits per heavy atom. The van der Waals surface area contributed by atoms with Crippen molar-refractivity contribution in [1.82, 2.24) is 0 Å². The minimum Gasteiger partial charge on any atom is -0.197 e. The largest absolute Gasteiger partial charge is 0.416 e. The minimum atomic E-state index is -4.42. The predicted octanol–water partition coefficient (Wildman–Crippen LogP) is 5.22. The molecule has 0 saturated heterocycles. The molecule has 0 N–H and O–H groups in total. The number of nitriles is 2. The number of halogens is 3. The van der Waals surface area contributed by atoms with Crippen molar-refractivity contribution in [3.8, 4) is 12.1 Å². The molecule has 0 heterocycles. The lowest BCUT2D eigenvalue weighted by molar-refractivity contribution is -0.137. The summed E-state index contributed by atoms with van der Waals surface area (Å²) in [6.45, 7) is 7.50. The van der Waals surface area contributed by atoms with Gasteiger partial charge >= 0.3 is 6.18 Å². The Bertz CT molecular complexity index is 690. The van der Waals surface area contributed by atoms with Gasteiger partial charge in [0.15, 0.2) is 5.41 Å². The van der Waals surface area contributed by atoms with Gasteiger partial charge in [-0.3, -0.25) is 0 Å². The Kier molecular flexibility index (Phi) is 4.85. The van der Waals surface area contributed by atoms with Gasteiger partial charge < -0.3 is 0 Å². The highest BCUT2D eigenvalue weighted by molar-refractivity contribution is 5.38. The molecule has 1 aliphatic rings. The number of hydrogen-bond donors (Lipinski definition) is 0. The first kappa shape index (κ1) is 17.8. The van der Waals surface area contributed by atoms with Gasteiger partial charge in [-0.25, -0.2) is 0 Å². The summed E-state index contributed by atoms with van der Waals surface area (Å²) >= 11 is 0. The van der Waals surface area contributed by atoms with Crippen molar-refractivity contribution in [1.29, 1.82) is 10.5 Å². The van der Waals surface area contributed by atoms with Crippen LogP contribution >= 0.6 is 0 Å². The molecule has 1 aliphatic carbocycles. The lowest BCUT2D eigenvalue weighted by atomic mass is 9.56. The smallest absolute Gasteiger partial charge is 0.197 e. The van der Waals surface area contributed by atoms with E-state index >= 15 is 0 Å². The Balaban J connectivity index is 2.57. The van der Waals surface area contributed by atoms with E-state index in [2.05, 4.69) is 25.3 Å². The SMILES string of the molecule is C=C[C@H]1CC[C@H](C=C)C(C#N)(C#N)[C@@H]1c1ccc(C(F)(F)F)cc1. The fourth-order valence-corrected chi connectivity index (χ4v) is 3.61. The zero-order chi connectivity index (χ0) is 18.0. The van der Waals surface area contributed by atoms with E-state index in [4.69, 9.17) is 0 Å². The summed E-state index contributed by atoms with van der Waals surface area (Å²) in [6, 6.07) is 8.95. The highest BCUT2D eigenvalue weighted by atomic mass is 19.4. The average molecular weight is 330 g/mol. The van der Waals surface area contributed by atoms with Crippen LogP contribution in [0.3, 0.4) is 0 Å². The van der Waals surface area contributed by atoms with Crippen molar-refractivity contribution in [2.24, 2.45) is 17.3 Å². The van der Waals surface area contributed by atoms with Crippen molar-refractivity contribution >= 4 is 0 Å². The Morgan fingerprint density at radius 2 is 1.62 bits per heavy atom. The molecule has 2 rings (SSSR count). The fourth-order valence-electron chi connectivity index (χ4n) is 3.61. The van der Waals surface area contributed by atoms with Gasteiger partial charge in [-0.2, -0.15) is 23.7 Å². The minimum absolute atomic E-state index is 0.155. The van der Waals surface area contributed by atoms with E-state index in [0.29, 0.717) is 18.4 Å². The number of rotatable bonds is 3. The van der Waals surface area contributed by atoms with Gasteiger partial charge in [-0.1, -0.05) is 24.3 Å². The number of nitrogens with zero attached hydrogens (tertiary/aromatic N) is 2. The number of benzene rings is 1. The van der Waals surface area contributed by atoms with Crippen molar-refractivity contribution in [2.75, 3.05) is 0 Å². The van der Waals surface area contributed by atoms with Crippen LogP contribution in [-0.2, 0) is 6.18 Å². The maximum Gasteiger partial charge on any atom is 0.416 e. The van der Waals surface area contributed by atoms with Gasteiger partial charge in [-0.15, -0.1) is 13.2 Å². The molecular formula is C19H17F3N2. The van der Waals surface area contributed by atoms with E-state index in [-0.39, 0.29) is 11.8 Å². The first-order valence-corrected chi connectivity index (χ1v) is 7.58. The van der Waals surface area contributed by atoms with Crippen LogP contribution in [0.4, 0.5) is 13.2 Å². The number of allylic oxidation sites excluding steroid dienone is 2. The molecule has 0 spiro atoms. The van der Waals surface area contributed by atoms with E-state index in [0.717, 1.165) is 12.1 Å². The molecule has 0 aromatic heterocycles. The highest BCUT2D eigenvalue weighted by Crippen LogP contribution is 2.53. The zero-order valence-corrected chi connectivity index (χ0v) is 13.1. The van der Waals surface area contributed by atoms with E-state index < -0.39 is 23.1 Å². The summed E-state index contributed by atoms with van der Waals surface area (Å²) in [5.74, 6) is -1.03. The molecule has 5 heteroatoms. The first-order valence-electron chi connectivity index (χ1n) is 7.58. The van der Waals surface area contributed by atoms with E-state index in [9.17, 15) is 23.7 Å². The summed E-state index contributed by atoms with van der Waals surface area (Å²) in [4.78, 5) is 0. The second-order valence-electron chi connectivity index (χ2n) is 6.01. The Hall–Kier alpha value is -2.53. The van der Waals surface area contributed by atoms with Crippen LogP contribution in [0.2, 0.25) is 0 Å². The lowest BCUT2D eigenvalue weighted by Gasteiger charge is -2.43. The molecule has 0 aliphatic heterocycles. The molecule has 1 fully saturated rings. The zero-order valence-electron chi connectivity index (χ0n) is 13.1. The molecule has 0 unspecified atom stereocenters. The van der Waals surface area contributed by atoms with Gasteiger partial charge in [0, 0.05) is 11.8 Å². The van der Waals surface area contributed by atoms with Gasteiger partial charge in [0.05, 0.1) is 17.7 Å². The average Bonchev–Trinajstić information content (AvgIpc) is 2.59. The molecule has 124 valence electrons. The van der Waals surface area contributed by atoms with Crippen molar-refractivity contribution in [2.45, 2.75) is 24.9 Å². The van der Waals surface area contributed by atoms with Crippen molar-refractivity contribution in [3.63, 3.8) is 0 Å². The van der Waals surface area contributed by atoms with E-state index in [1.54, 1.807) is 12.2 Å². The van der Waals surface area contributed by atoms with Crippen LogP contribution in [0.15, 0.2) is 49.6 Å². The normalized spacial score (nSPS) is 26.0. The van der Waals surface area contributed by atoms with E-state index in [1.165, 1.54) is 12.1 Å². The molecule has 1 saturated carbocycles. The molecule has 3 atom stereocenters. The third-order valence-electron chi connectivity index (χ3n) is 4.87. The second kappa shape index (κ2) is 6.53. The fraction of sp³-hybridized carbons (Fsp3) is 0.368. The van der Waals surface area contributed by atoms with Crippen LogP contribution in [-0.4, -0.2) is 0 Å². The number of alkyl halides is 3. The van der Waals surface area contributed by atoms with Crippen molar-refractivity contribution < 1.29 is 13.2 Å². The standard InChI is InChI=1S/C19H17F3N2/c1-3-13-5-8-15(4-2)18(11-23,12-24)17(13)14-6-9-16(10-7-14)19(20,21)22/h3-4,6-7,9-10,13,15,17H,1-2,5,8H2/t13-,15-,17-/m0/s1. The molecule has 1 aromatic carbocycles.